The zero-order valence-electron chi connectivity index (χ0n) is 14.2. The first kappa shape index (κ1) is 17.9. The fourth-order valence-electron chi connectivity index (χ4n) is 2.25. The van der Waals surface area contributed by atoms with Crippen LogP contribution in [0.5, 0.6) is 5.75 Å². The average Bonchev–Trinajstić information content (AvgIpc) is 3.25. The third kappa shape index (κ3) is 4.20. The van der Waals surface area contributed by atoms with E-state index >= 15 is 0 Å². The van der Waals surface area contributed by atoms with Gasteiger partial charge in [-0.2, -0.15) is 4.98 Å². The molecule has 8 nitrogen and oxygen atoms in total. The fraction of sp³-hybridized carbons (Fsp3) is 0.294. The smallest absolute Gasteiger partial charge is 0.306 e. The highest BCUT2D eigenvalue weighted by molar-refractivity contribution is 6.29. The van der Waals surface area contributed by atoms with Crippen molar-refractivity contribution in [1.29, 1.82) is 0 Å². The molecule has 9 heteroatoms. The molecule has 1 aromatic carbocycles. The lowest BCUT2D eigenvalue weighted by molar-refractivity contribution is -0.145. The summed E-state index contributed by atoms with van der Waals surface area (Å²) in [7, 11) is 1.59. The van der Waals surface area contributed by atoms with Gasteiger partial charge in [0.05, 0.1) is 12.8 Å². The molecule has 0 amide bonds. The molecule has 3 rings (SSSR count). The van der Waals surface area contributed by atoms with Gasteiger partial charge in [0.15, 0.2) is 6.61 Å². The summed E-state index contributed by atoms with van der Waals surface area (Å²) in [6.45, 7) is 1.69. The molecule has 0 aliphatic rings. The lowest BCUT2D eigenvalue weighted by atomic mass is 10.1. The van der Waals surface area contributed by atoms with Crippen LogP contribution in [0.15, 0.2) is 33.3 Å². The zero-order chi connectivity index (χ0) is 18.5. The van der Waals surface area contributed by atoms with Gasteiger partial charge in [-0.15, -0.1) is 0 Å². The monoisotopic (exact) mass is 377 g/mol. The van der Waals surface area contributed by atoms with E-state index in [2.05, 4.69) is 15.3 Å². The number of nitrogens with zero attached hydrogens (tertiary/aromatic N) is 3. The van der Waals surface area contributed by atoms with Gasteiger partial charge < -0.3 is 18.5 Å². The van der Waals surface area contributed by atoms with E-state index in [0.29, 0.717) is 23.6 Å². The Balaban J connectivity index is 1.52. The molecule has 0 bridgehead atoms. The first-order valence-corrected chi connectivity index (χ1v) is 8.18. The van der Waals surface area contributed by atoms with Crippen molar-refractivity contribution in [1.82, 2.24) is 15.3 Å². The molecular weight excluding hydrogens is 362 g/mol. The molecule has 0 aliphatic heterocycles. The first-order chi connectivity index (χ1) is 12.6. The van der Waals surface area contributed by atoms with E-state index in [4.69, 9.17) is 30.1 Å². The van der Waals surface area contributed by atoms with Gasteiger partial charge in [0.2, 0.25) is 11.0 Å². The molecule has 26 heavy (non-hydrogen) atoms. The number of aromatic nitrogens is 3. The number of halogens is 1. The third-order valence-electron chi connectivity index (χ3n) is 3.68. The van der Waals surface area contributed by atoms with Crippen molar-refractivity contribution in [3.05, 3.63) is 46.6 Å². The summed E-state index contributed by atoms with van der Waals surface area (Å²) in [5.41, 5.74) is 2.10. The highest BCUT2D eigenvalue weighted by atomic mass is 35.5. The van der Waals surface area contributed by atoms with E-state index in [1.807, 2.05) is 0 Å². The van der Waals surface area contributed by atoms with E-state index in [9.17, 15) is 4.79 Å². The number of hydrogen-bond donors (Lipinski definition) is 0. The molecule has 2 aromatic heterocycles. The number of benzene rings is 1. The zero-order valence-corrected chi connectivity index (χ0v) is 14.9. The molecule has 3 aromatic rings. The van der Waals surface area contributed by atoms with E-state index < -0.39 is 5.97 Å². The Bertz CT molecular complexity index is 869. The number of methoxy groups -OCH3 is 1. The molecule has 0 fully saturated rings. The summed E-state index contributed by atoms with van der Waals surface area (Å²) >= 11 is 5.86. The van der Waals surface area contributed by atoms with Gasteiger partial charge in [0.1, 0.15) is 5.75 Å². The first-order valence-electron chi connectivity index (χ1n) is 7.80. The van der Waals surface area contributed by atoms with Crippen molar-refractivity contribution < 1.29 is 23.3 Å². The fourth-order valence-corrected chi connectivity index (χ4v) is 2.51. The standard InChI is InChI=1S/C17H16ClN3O5/c1-10-13(16(18)25-20-10)7-8-15(22)24-9-14-19-17(26-21-14)11-3-5-12(23-2)6-4-11/h3-6H,7-9H2,1-2H3. The summed E-state index contributed by atoms with van der Waals surface area (Å²) in [6.07, 6.45) is 0.529. The van der Waals surface area contributed by atoms with Crippen LogP contribution in [0.4, 0.5) is 0 Å². The summed E-state index contributed by atoms with van der Waals surface area (Å²) in [5.74, 6) is 0.942. The number of esters is 1. The highest BCUT2D eigenvalue weighted by Gasteiger charge is 2.15. The summed E-state index contributed by atoms with van der Waals surface area (Å²) in [4.78, 5) is 16.1. The van der Waals surface area contributed by atoms with E-state index in [0.717, 1.165) is 11.3 Å². The van der Waals surface area contributed by atoms with Crippen molar-refractivity contribution in [2.24, 2.45) is 0 Å². The second-order valence-electron chi connectivity index (χ2n) is 5.43. The summed E-state index contributed by atoms with van der Waals surface area (Å²) in [5, 5.41) is 7.73. The molecule has 2 heterocycles. The van der Waals surface area contributed by atoms with Crippen molar-refractivity contribution >= 4 is 17.6 Å². The maximum absolute atomic E-state index is 11.9. The second kappa shape index (κ2) is 8.01. The van der Waals surface area contributed by atoms with Crippen LogP contribution in [0.2, 0.25) is 5.22 Å². The number of carbonyl (C=O) groups excluding carboxylic acids is 1. The SMILES string of the molecule is COc1ccc(-c2nc(COC(=O)CCc3c(C)noc3Cl)no2)cc1. The van der Waals surface area contributed by atoms with Gasteiger partial charge in [-0.25, -0.2) is 0 Å². The minimum Gasteiger partial charge on any atom is -0.497 e. The third-order valence-corrected chi connectivity index (χ3v) is 3.98. The van der Waals surface area contributed by atoms with Crippen LogP contribution in [0.1, 0.15) is 23.5 Å². The van der Waals surface area contributed by atoms with Crippen molar-refractivity contribution in [2.75, 3.05) is 7.11 Å². The highest BCUT2D eigenvalue weighted by Crippen LogP contribution is 2.22. The lowest BCUT2D eigenvalue weighted by Gasteiger charge is -2.01. The summed E-state index contributed by atoms with van der Waals surface area (Å²) in [6, 6.07) is 7.18. The van der Waals surface area contributed by atoms with E-state index in [1.165, 1.54) is 0 Å². The molecule has 0 atom stereocenters. The van der Waals surface area contributed by atoms with Crippen LogP contribution in [-0.2, 0) is 22.6 Å². The largest absolute Gasteiger partial charge is 0.497 e. The van der Waals surface area contributed by atoms with Crippen LogP contribution in [-0.4, -0.2) is 28.4 Å². The van der Waals surface area contributed by atoms with Crippen LogP contribution < -0.4 is 4.74 Å². The van der Waals surface area contributed by atoms with E-state index in [1.54, 1.807) is 38.3 Å². The predicted molar refractivity (Wildman–Crippen MR) is 90.7 cm³/mol. The van der Waals surface area contributed by atoms with Gasteiger partial charge in [-0.1, -0.05) is 10.3 Å². The Kier molecular flexibility index (Phi) is 5.52. The molecule has 0 aliphatic carbocycles. The molecule has 0 saturated heterocycles. The van der Waals surface area contributed by atoms with Gasteiger partial charge in [-0.3, -0.25) is 4.79 Å². The van der Waals surface area contributed by atoms with Crippen molar-refractivity contribution in [3.8, 4) is 17.2 Å². The minimum atomic E-state index is -0.405. The summed E-state index contributed by atoms with van der Waals surface area (Å²) < 4.78 is 20.3. The molecule has 136 valence electrons. The quantitative estimate of drug-likeness (QED) is 0.577. The average molecular weight is 378 g/mol. The molecule has 0 radical (unpaired) electrons. The molecule has 0 N–H and O–H groups in total. The Morgan fingerprint density at radius 2 is 1.96 bits per heavy atom. The van der Waals surface area contributed by atoms with Crippen LogP contribution in [0.3, 0.4) is 0 Å². The van der Waals surface area contributed by atoms with Crippen molar-refractivity contribution in [2.45, 2.75) is 26.4 Å². The van der Waals surface area contributed by atoms with Gasteiger partial charge in [0.25, 0.3) is 5.89 Å². The van der Waals surface area contributed by atoms with Crippen molar-refractivity contribution in [3.63, 3.8) is 0 Å². The Morgan fingerprint density at radius 3 is 2.62 bits per heavy atom. The number of hydrogen-bond acceptors (Lipinski definition) is 8. The number of aryl methyl sites for hydroxylation is 1. The molecular formula is C17H16ClN3O5. The number of carbonyl (C=O) groups is 1. The maximum atomic E-state index is 11.9. The molecule has 0 spiro atoms. The normalized spacial score (nSPS) is 10.7. The Hall–Kier alpha value is -2.87. The topological polar surface area (TPSA) is 100 Å². The van der Waals surface area contributed by atoms with Crippen LogP contribution in [0.25, 0.3) is 11.5 Å². The Morgan fingerprint density at radius 1 is 1.19 bits per heavy atom. The van der Waals surface area contributed by atoms with Crippen LogP contribution in [0, 0.1) is 6.92 Å². The van der Waals surface area contributed by atoms with Gasteiger partial charge in [0, 0.05) is 17.5 Å². The molecule has 0 saturated carbocycles. The van der Waals surface area contributed by atoms with E-state index in [-0.39, 0.29) is 24.1 Å². The second-order valence-corrected chi connectivity index (χ2v) is 5.77. The molecule has 0 unspecified atom stereocenters. The minimum absolute atomic E-state index is 0.0746. The van der Waals surface area contributed by atoms with Crippen LogP contribution >= 0.6 is 11.6 Å². The Labute approximate surface area is 154 Å². The number of ether oxygens (including phenoxy) is 2. The maximum Gasteiger partial charge on any atom is 0.306 e. The number of rotatable bonds is 7. The van der Waals surface area contributed by atoms with Gasteiger partial charge in [-0.05, 0) is 49.2 Å². The predicted octanol–water partition coefficient (Wildman–Crippen LogP) is 3.37. The lowest BCUT2D eigenvalue weighted by Crippen LogP contribution is -2.07. The van der Waals surface area contributed by atoms with Gasteiger partial charge >= 0.3 is 5.97 Å².